The molecule has 4 aromatic rings. The maximum Gasteiger partial charge on any atom is 0.137 e. The lowest BCUT2D eigenvalue weighted by Crippen LogP contribution is -2.26. The number of halogens is 1. The number of hydrogen-bond donors (Lipinski definition) is 0. The Balaban J connectivity index is 1.71. The van der Waals surface area contributed by atoms with Crippen molar-refractivity contribution in [2.45, 2.75) is 20.3 Å². The summed E-state index contributed by atoms with van der Waals surface area (Å²) in [5.74, 6) is -1.26. The molecule has 0 aliphatic carbocycles. The lowest BCUT2D eigenvalue weighted by atomic mass is 9.95. The number of pyridine rings is 1. The quantitative estimate of drug-likeness (QED) is 0.490. The summed E-state index contributed by atoms with van der Waals surface area (Å²) in [4.78, 5) is 18.7. The van der Waals surface area contributed by atoms with Crippen molar-refractivity contribution in [1.82, 2.24) is 4.98 Å². The average Bonchev–Trinajstić information content (AvgIpc) is 3.17. The zero-order valence-electron chi connectivity index (χ0n) is 17.3. The molecule has 0 unspecified atom stereocenters. The molecule has 5 heteroatoms. The molecule has 1 aromatic heterocycles. The minimum absolute atomic E-state index is 0.0111. The number of nitrogens with zero attached hydrogens (tertiary/aromatic N) is 2. The third kappa shape index (κ3) is 3.05. The molecule has 0 N–H and O–H groups in total. The number of hydrogen-bond acceptors (Lipinski definition) is 4. The topological polar surface area (TPSA) is 56.3 Å². The van der Waals surface area contributed by atoms with Crippen LogP contribution >= 0.6 is 0 Å². The van der Waals surface area contributed by atoms with Crippen LogP contribution in [0.4, 0.5) is 15.9 Å². The number of fused-ring (bicyclic) bond motifs is 2. The second kappa shape index (κ2) is 7.20. The van der Waals surface area contributed by atoms with Gasteiger partial charge >= 0.3 is 0 Å². The van der Waals surface area contributed by atoms with E-state index < -0.39 is 11.8 Å². The predicted octanol–water partition coefficient (Wildman–Crippen LogP) is 4.72. The van der Waals surface area contributed by atoms with Crippen molar-refractivity contribution >= 4 is 28.4 Å². The SMILES string of the molecule is Cc1ccccc1-c1cccc2c1CCN2c1nc2ccc(F)cc2c(C(=O)[O-])c1C. The minimum Gasteiger partial charge on any atom is -0.545 e. The number of carboxylic acids is 1. The molecule has 154 valence electrons. The first-order valence-electron chi connectivity index (χ1n) is 10.2. The van der Waals surface area contributed by atoms with Crippen molar-refractivity contribution in [3.05, 3.63) is 88.7 Å². The van der Waals surface area contributed by atoms with Gasteiger partial charge in [-0.25, -0.2) is 9.37 Å². The van der Waals surface area contributed by atoms with E-state index in [0.29, 0.717) is 23.4 Å². The van der Waals surface area contributed by atoms with Crippen molar-refractivity contribution in [2.24, 2.45) is 0 Å². The van der Waals surface area contributed by atoms with E-state index in [2.05, 4.69) is 30.0 Å². The van der Waals surface area contributed by atoms with Crippen LogP contribution < -0.4 is 10.0 Å². The van der Waals surface area contributed by atoms with E-state index in [-0.39, 0.29) is 10.9 Å². The Hall–Kier alpha value is -3.73. The Morgan fingerprint density at radius 2 is 1.81 bits per heavy atom. The number of benzene rings is 3. The first-order chi connectivity index (χ1) is 15.0. The van der Waals surface area contributed by atoms with Crippen LogP contribution in [0.3, 0.4) is 0 Å². The van der Waals surface area contributed by atoms with Gasteiger partial charge < -0.3 is 14.8 Å². The normalized spacial score (nSPS) is 12.9. The van der Waals surface area contributed by atoms with Crippen molar-refractivity contribution in [1.29, 1.82) is 0 Å². The fraction of sp³-hybridized carbons (Fsp3) is 0.154. The lowest BCUT2D eigenvalue weighted by molar-refractivity contribution is -0.254. The molecule has 0 saturated heterocycles. The number of anilines is 2. The van der Waals surface area contributed by atoms with Gasteiger partial charge in [-0.05, 0) is 66.8 Å². The van der Waals surface area contributed by atoms with E-state index in [0.717, 1.165) is 12.1 Å². The lowest BCUT2D eigenvalue weighted by Gasteiger charge is -2.24. The molecule has 5 rings (SSSR count). The second-order valence-corrected chi connectivity index (χ2v) is 7.90. The van der Waals surface area contributed by atoms with Crippen LogP contribution in [0, 0.1) is 19.7 Å². The molecule has 2 heterocycles. The maximum absolute atomic E-state index is 13.8. The number of aryl methyl sites for hydroxylation is 1. The van der Waals surface area contributed by atoms with Crippen molar-refractivity contribution in [2.75, 3.05) is 11.4 Å². The van der Waals surface area contributed by atoms with Gasteiger partial charge in [0.05, 0.1) is 11.5 Å². The van der Waals surface area contributed by atoms with Gasteiger partial charge in [-0.1, -0.05) is 36.4 Å². The summed E-state index contributed by atoms with van der Waals surface area (Å²) < 4.78 is 13.8. The molecule has 4 nitrogen and oxygen atoms in total. The molecule has 3 aromatic carbocycles. The Morgan fingerprint density at radius 3 is 2.58 bits per heavy atom. The molecule has 0 spiro atoms. The Morgan fingerprint density at radius 1 is 1.03 bits per heavy atom. The molecule has 1 aliphatic heterocycles. The summed E-state index contributed by atoms with van der Waals surface area (Å²) in [6, 6.07) is 18.5. The monoisotopic (exact) mass is 411 g/mol. The summed E-state index contributed by atoms with van der Waals surface area (Å²) in [6.45, 7) is 4.49. The highest BCUT2D eigenvalue weighted by Gasteiger charge is 2.27. The molecular weight excluding hydrogens is 391 g/mol. The maximum atomic E-state index is 13.8. The smallest absolute Gasteiger partial charge is 0.137 e. The third-order valence-electron chi connectivity index (χ3n) is 6.09. The number of carbonyl (C=O) groups excluding carboxylic acids is 1. The van der Waals surface area contributed by atoms with Crippen molar-refractivity contribution < 1.29 is 14.3 Å². The summed E-state index contributed by atoms with van der Waals surface area (Å²) in [6.07, 6.45) is 0.822. The van der Waals surface area contributed by atoms with Gasteiger partial charge in [0.15, 0.2) is 0 Å². The van der Waals surface area contributed by atoms with E-state index >= 15 is 0 Å². The standard InChI is InChI=1S/C26H21FN2O2/c1-15-6-3-4-7-18(15)19-8-5-9-23-20(19)12-13-29(23)25-16(2)24(26(30)31)21-14-17(27)10-11-22(21)28-25/h3-11,14H,12-13H2,1-2H3,(H,30,31)/p-1. The molecule has 0 bridgehead atoms. The average molecular weight is 411 g/mol. The van der Waals surface area contributed by atoms with Crippen LogP contribution in [-0.2, 0) is 6.42 Å². The van der Waals surface area contributed by atoms with E-state index in [1.165, 1.54) is 40.5 Å². The highest BCUT2D eigenvalue weighted by molar-refractivity contribution is 6.04. The molecule has 0 saturated carbocycles. The van der Waals surface area contributed by atoms with Gasteiger partial charge in [0, 0.05) is 28.7 Å². The van der Waals surface area contributed by atoms with Crippen LogP contribution in [0.1, 0.15) is 27.0 Å². The molecule has 0 radical (unpaired) electrons. The first-order valence-corrected chi connectivity index (χ1v) is 10.2. The van der Waals surface area contributed by atoms with Crippen LogP contribution in [0.25, 0.3) is 22.0 Å². The Labute approximate surface area is 179 Å². The number of carboxylic acid groups (broad SMARTS) is 1. The van der Waals surface area contributed by atoms with Crippen molar-refractivity contribution in [3.63, 3.8) is 0 Å². The van der Waals surface area contributed by atoms with Crippen LogP contribution in [0.2, 0.25) is 0 Å². The third-order valence-corrected chi connectivity index (χ3v) is 6.09. The molecule has 31 heavy (non-hydrogen) atoms. The van der Waals surface area contributed by atoms with Gasteiger partial charge in [-0.15, -0.1) is 0 Å². The molecule has 0 atom stereocenters. The van der Waals surface area contributed by atoms with Gasteiger partial charge in [-0.2, -0.15) is 0 Å². The molecule has 0 amide bonds. The zero-order valence-corrected chi connectivity index (χ0v) is 17.3. The fourth-order valence-corrected chi connectivity index (χ4v) is 4.63. The zero-order chi connectivity index (χ0) is 21.7. The molecular formula is C26H20FN2O2-. The first kappa shape index (κ1) is 19.2. The van der Waals surface area contributed by atoms with Gasteiger partial charge in [0.1, 0.15) is 11.6 Å². The summed E-state index contributed by atoms with van der Waals surface area (Å²) in [7, 11) is 0. The largest absolute Gasteiger partial charge is 0.545 e. The van der Waals surface area contributed by atoms with E-state index in [1.807, 2.05) is 24.3 Å². The van der Waals surface area contributed by atoms with Gasteiger partial charge in [0.25, 0.3) is 0 Å². The number of rotatable bonds is 3. The van der Waals surface area contributed by atoms with Crippen LogP contribution in [0.5, 0.6) is 0 Å². The summed E-state index contributed by atoms with van der Waals surface area (Å²) in [5, 5.41) is 12.2. The molecule has 1 aliphatic rings. The van der Waals surface area contributed by atoms with E-state index in [1.54, 1.807) is 6.92 Å². The van der Waals surface area contributed by atoms with Crippen LogP contribution in [0.15, 0.2) is 60.7 Å². The Bertz CT molecular complexity index is 1360. The van der Waals surface area contributed by atoms with E-state index in [9.17, 15) is 14.3 Å². The summed E-state index contributed by atoms with van der Waals surface area (Å²) >= 11 is 0. The van der Waals surface area contributed by atoms with E-state index in [4.69, 9.17) is 4.98 Å². The minimum atomic E-state index is -1.33. The molecule has 0 fully saturated rings. The van der Waals surface area contributed by atoms with Crippen molar-refractivity contribution in [3.8, 4) is 11.1 Å². The summed E-state index contributed by atoms with van der Waals surface area (Å²) in [5.41, 5.74) is 6.71. The Kier molecular flexibility index (Phi) is 4.47. The second-order valence-electron chi connectivity index (χ2n) is 7.90. The number of aromatic nitrogens is 1. The number of carbonyl (C=O) groups is 1. The highest BCUT2D eigenvalue weighted by atomic mass is 19.1. The van der Waals surface area contributed by atoms with Gasteiger partial charge in [0.2, 0.25) is 0 Å². The number of aromatic carboxylic acids is 1. The fourth-order valence-electron chi connectivity index (χ4n) is 4.63. The highest BCUT2D eigenvalue weighted by Crippen LogP contribution is 2.42. The van der Waals surface area contributed by atoms with Crippen LogP contribution in [-0.4, -0.2) is 17.5 Å². The predicted molar refractivity (Wildman–Crippen MR) is 118 cm³/mol. The van der Waals surface area contributed by atoms with Gasteiger partial charge in [-0.3, -0.25) is 0 Å².